The molecule has 0 heterocycles. The van der Waals surface area contributed by atoms with Crippen molar-refractivity contribution < 1.29 is 9.53 Å². The fourth-order valence-corrected chi connectivity index (χ4v) is 1.12. The lowest BCUT2D eigenvalue weighted by Gasteiger charge is -2.08. The molecule has 1 aromatic carbocycles. The van der Waals surface area contributed by atoms with E-state index >= 15 is 0 Å². The molecule has 5 heteroatoms. The lowest BCUT2D eigenvalue weighted by atomic mass is 10.2. The fourth-order valence-electron chi connectivity index (χ4n) is 1.01. The third-order valence-electron chi connectivity index (χ3n) is 1.59. The Labute approximate surface area is 87.0 Å². The van der Waals surface area contributed by atoms with Gasteiger partial charge in [0.25, 0.3) is 0 Å². The van der Waals surface area contributed by atoms with Gasteiger partial charge in [-0.05, 0) is 24.4 Å². The fraction of sp³-hybridized carbons (Fsp3) is 0.111. The van der Waals surface area contributed by atoms with Crippen LogP contribution in [0.1, 0.15) is 10.4 Å². The van der Waals surface area contributed by atoms with Crippen molar-refractivity contribution in [1.82, 2.24) is 0 Å². The predicted octanol–water partition coefficient (Wildman–Crippen LogP) is 1.13. The maximum atomic E-state index is 11.3. The highest BCUT2D eigenvalue weighted by atomic mass is 32.1. The van der Waals surface area contributed by atoms with Crippen LogP contribution in [0.4, 0.5) is 5.69 Å². The van der Waals surface area contributed by atoms with E-state index in [1.807, 2.05) is 0 Å². The van der Waals surface area contributed by atoms with E-state index < -0.39 is 5.97 Å². The number of hydrogen-bond donors (Lipinski definition) is 2. The van der Waals surface area contributed by atoms with Crippen LogP contribution in [0.3, 0.4) is 0 Å². The molecule has 0 bridgehead atoms. The van der Waals surface area contributed by atoms with Gasteiger partial charge >= 0.3 is 5.97 Å². The van der Waals surface area contributed by atoms with Gasteiger partial charge in [-0.2, -0.15) is 0 Å². The highest BCUT2D eigenvalue weighted by molar-refractivity contribution is 7.80. The zero-order valence-electron chi connectivity index (χ0n) is 7.61. The summed E-state index contributed by atoms with van der Waals surface area (Å²) in [5.74, 6) is -0.427. The minimum Gasteiger partial charge on any atom is -0.465 e. The van der Waals surface area contributed by atoms with Crippen molar-refractivity contribution in [3.8, 4) is 0 Å². The van der Waals surface area contributed by atoms with Crippen LogP contribution >= 0.6 is 12.2 Å². The Bertz CT molecular complexity index is 366. The first-order valence-corrected chi connectivity index (χ1v) is 4.29. The van der Waals surface area contributed by atoms with E-state index in [0.29, 0.717) is 11.3 Å². The lowest BCUT2D eigenvalue weighted by Crippen LogP contribution is -2.20. The average Bonchev–Trinajstić information content (AvgIpc) is 2.16. The summed E-state index contributed by atoms with van der Waals surface area (Å²) >= 11 is 4.67. The SMILES string of the molecule is COC(=O)c1ccccc1NC(N)=S. The molecule has 1 aromatic rings. The first kappa shape index (κ1) is 10.5. The molecule has 14 heavy (non-hydrogen) atoms. The molecule has 0 unspecified atom stereocenters. The van der Waals surface area contributed by atoms with Crippen molar-refractivity contribution in [2.45, 2.75) is 0 Å². The molecule has 0 aliphatic rings. The second-order valence-electron chi connectivity index (χ2n) is 2.53. The maximum absolute atomic E-state index is 11.3. The van der Waals surface area contributed by atoms with Gasteiger partial charge in [0.1, 0.15) is 0 Å². The highest BCUT2D eigenvalue weighted by Gasteiger charge is 2.10. The van der Waals surface area contributed by atoms with E-state index in [2.05, 4.69) is 22.3 Å². The van der Waals surface area contributed by atoms with Crippen molar-refractivity contribution in [3.63, 3.8) is 0 Å². The summed E-state index contributed by atoms with van der Waals surface area (Å²) in [6.07, 6.45) is 0. The number of thiocarbonyl (C=S) groups is 1. The second kappa shape index (κ2) is 4.57. The molecule has 1 rings (SSSR count). The molecule has 0 saturated heterocycles. The number of methoxy groups -OCH3 is 1. The largest absolute Gasteiger partial charge is 0.465 e. The van der Waals surface area contributed by atoms with Gasteiger partial charge in [-0.15, -0.1) is 0 Å². The van der Waals surface area contributed by atoms with Crippen LogP contribution in [0.25, 0.3) is 0 Å². The minimum atomic E-state index is -0.427. The van der Waals surface area contributed by atoms with Crippen LogP contribution in [-0.2, 0) is 4.74 Å². The second-order valence-corrected chi connectivity index (χ2v) is 2.97. The Hall–Kier alpha value is -1.62. The van der Waals surface area contributed by atoms with Crippen LogP contribution in [0.5, 0.6) is 0 Å². The van der Waals surface area contributed by atoms with Crippen molar-refractivity contribution in [1.29, 1.82) is 0 Å². The molecule has 74 valence electrons. The molecule has 0 atom stereocenters. The predicted molar refractivity (Wildman–Crippen MR) is 58.2 cm³/mol. The Balaban J connectivity index is 3.02. The van der Waals surface area contributed by atoms with Crippen molar-refractivity contribution in [3.05, 3.63) is 29.8 Å². The number of esters is 1. The first-order valence-electron chi connectivity index (χ1n) is 3.89. The van der Waals surface area contributed by atoms with E-state index in [1.165, 1.54) is 7.11 Å². The lowest BCUT2D eigenvalue weighted by molar-refractivity contribution is 0.0602. The number of benzene rings is 1. The van der Waals surface area contributed by atoms with Crippen LogP contribution in [-0.4, -0.2) is 18.2 Å². The van der Waals surface area contributed by atoms with Gasteiger partial charge in [-0.25, -0.2) is 4.79 Å². The maximum Gasteiger partial charge on any atom is 0.339 e. The number of para-hydroxylation sites is 1. The molecule has 4 nitrogen and oxygen atoms in total. The highest BCUT2D eigenvalue weighted by Crippen LogP contribution is 2.15. The van der Waals surface area contributed by atoms with Gasteiger partial charge < -0.3 is 15.8 Å². The molecule has 0 spiro atoms. The average molecular weight is 210 g/mol. The van der Waals surface area contributed by atoms with Gasteiger partial charge in [-0.3, -0.25) is 0 Å². The molecule has 0 aliphatic heterocycles. The van der Waals surface area contributed by atoms with Crippen molar-refractivity contribution in [2.75, 3.05) is 12.4 Å². The number of ether oxygens (including phenoxy) is 1. The summed E-state index contributed by atoms with van der Waals surface area (Å²) in [5.41, 5.74) is 6.26. The number of anilines is 1. The van der Waals surface area contributed by atoms with Gasteiger partial charge in [0.05, 0.1) is 18.4 Å². The molecule has 3 N–H and O–H groups in total. The minimum absolute atomic E-state index is 0.112. The Morgan fingerprint density at radius 3 is 2.71 bits per heavy atom. The first-order chi connectivity index (χ1) is 6.65. The molecule has 0 fully saturated rings. The topological polar surface area (TPSA) is 64.3 Å². The van der Waals surface area contributed by atoms with E-state index in [-0.39, 0.29) is 5.11 Å². The van der Waals surface area contributed by atoms with E-state index in [4.69, 9.17) is 5.73 Å². The van der Waals surface area contributed by atoms with Gasteiger partial charge in [0.2, 0.25) is 0 Å². The van der Waals surface area contributed by atoms with Gasteiger partial charge in [-0.1, -0.05) is 12.1 Å². The number of hydrogen-bond acceptors (Lipinski definition) is 3. The number of nitrogens with one attached hydrogen (secondary N) is 1. The van der Waals surface area contributed by atoms with Gasteiger partial charge in [0.15, 0.2) is 5.11 Å². The molecular weight excluding hydrogens is 200 g/mol. The summed E-state index contributed by atoms with van der Waals surface area (Å²) in [6.45, 7) is 0. The van der Waals surface area contributed by atoms with Crippen molar-refractivity contribution >= 4 is 29.0 Å². The summed E-state index contributed by atoms with van der Waals surface area (Å²) in [5, 5.41) is 2.81. The summed E-state index contributed by atoms with van der Waals surface area (Å²) in [6, 6.07) is 6.84. The molecule has 0 amide bonds. The number of nitrogens with two attached hydrogens (primary N) is 1. The number of rotatable bonds is 2. The zero-order chi connectivity index (χ0) is 10.6. The van der Waals surface area contributed by atoms with E-state index in [1.54, 1.807) is 24.3 Å². The summed E-state index contributed by atoms with van der Waals surface area (Å²) < 4.78 is 4.60. The zero-order valence-corrected chi connectivity index (χ0v) is 8.43. The van der Waals surface area contributed by atoms with E-state index in [0.717, 1.165) is 0 Å². The Morgan fingerprint density at radius 2 is 2.14 bits per heavy atom. The molecule has 0 aromatic heterocycles. The Kier molecular flexibility index (Phi) is 3.41. The van der Waals surface area contributed by atoms with Gasteiger partial charge in [0, 0.05) is 0 Å². The van der Waals surface area contributed by atoms with Crippen LogP contribution in [0, 0.1) is 0 Å². The number of carbonyl (C=O) groups excluding carboxylic acids is 1. The standard InChI is InChI=1S/C9H10N2O2S/c1-13-8(12)6-4-2-3-5-7(6)11-9(10)14/h2-5H,1H3,(H3,10,11,14). The quantitative estimate of drug-likeness (QED) is 0.566. The summed E-state index contributed by atoms with van der Waals surface area (Å²) in [4.78, 5) is 11.3. The summed E-state index contributed by atoms with van der Waals surface area (Å²) in [7, 11) is 1.32. The number of carbonyl (C=O) groups is 1. The van der Waals surface area contributed by atoms with E-state index in [9.17, 15) is 4.79 Å². The van der Waals surface area contributed by atoms with Crippen LogP contribution < -0.4 is 11.1 Å². The monoisotopic (exact) mass is 210 g/mol. The third-order valence-corrected chi connectivity index (χ3v) is 1.69. The third kappa shape index (κ3) is 2.43. The van der Waals surface area contributed by atoms with Crippen LogP contribution in [0.15, 0.2) is 24.3 Å². The molecular formula is C9H10N2O2S. The Morgan fingerprint density at radius 1 is 1.50 bits per heavy atom. The molecule has 0 aliphatic carbocycles. The molecule has 0 radical (unpaired) electrons. The van der Waals surface area contributed by atoms with Crippen LogP contribution in [0.2, 0.25) is 0 Å². The van der Waals surface area contributed by atoms with Crippen molar-refractivity contribution in [2.24, 2.45) is 5.73 Å². The molecule has 0 saturated carbocycles. The smallest absolute Gasteiger partial charge is 0.339 e. The normalized spacial score (nSPS) is 9.21.